The number of aromatic nitrogens is 1. The lowest BCUT2D eigenvalue weighted by Gasteiger charge is -2.41. The van der Waals surface area contributed by atoms with Crippen LogP contribution in [0, 0.1) is 5.41 Å². The van der Waals surface area contributed by atoms with E-state index in [4.69, 9.17) is 9.47 Å². The van der Waals surface area contributed by atoms with Gasteiger partial charge in [-0.2, -0.15) is 0 Å². The maximum Gasteiger partial charge on any atom is 0.313 e. The Kier molecular flexibility index (Phi) is 6.45. The molecule has 144 valence electrons. The molecule has 0 amide bonds. The first kappa shape index (κ1) is 19.4. The van der Waals surface area contributed by atoms with Gasteiger partial charge in [0.2, 0.25) is 0 Å². The minimum Gasteiger partial charge on any atom is -0.497 e. The number of rotatable bonds is 7. The van der Waals surface area contributed by atoms with Gasteiger partial charge in [-0.15, -0.1) is 0 Å². The Morgan fingerprint density at radius 2 is 2.04 bits per heavy atom. The maximum atomic E-state index is 13.0. The summed E-state index contributed by atoms with van der Waals surface area (Å²) in [6, 6.07) is 12.0. The number of pyridine rings is 1. The van der Waals surface area contributed by atoms with E-state index in [0.29, 0.717) is 19.6 Å². The van der Waals surface area contributed by atoms with E-state index in [1.807, 2.05) is 49.6 Å². The van der Waals surface area contributed by atoms with Crippen LogP contribution in [0.4, 0.5) is 0 Å². The third kappa shape index (κ3) is 4.86. The minimum atomic E-state index is -0.520. The van der Waals surface area contributed by atoms with Crippen LogP contribution in [0.25, 0.3) is 0 Å². The van der Waals surface area contributed by atoms with Crippen molar-refractivity contribution in [2.24, 2.45) is 5.41 Å². The average molecular weight is 368 g/mol. The van der Waals surface area contributed by atoms with Gasteiger partial charge in [-0.3, -0.25) is 14.7 Å². The number of hydrogen-bond acceptors (Lipinski definition) is 5. The van der Waals surface area contributed by atoms with Crippen LogP contribution >= 0.6 is 0 Å². The van der Waals surface area contributed by atoms with Crippen LogP contribution < -0.4 is 4.74 Å². The second-order valence-electron chi connectivity index (χ2n) is 7.20. The molecule has 0 unspecified atom stereocenters. The molecular weight excluding hydrogens is 340 g/mol. The van der Waals surface area contributed by atoms with Crippen LogP contribution in [0.2, 0.25) is 0 Å². The molecular formula is C22H28N2O3. The van der Waals surface area contributed by atoms with Crippen LogP contribution in [-0.4, -0.2) is 42.7 Å². The molecule has 0 saturated carbocycles. The van der Waals surface area contributed by atoms with Crippen molar-refractivity contribution >= 4 is 5.97 Å². The third-order valence-electron chi connectivity index (χ3n) is 5.20. The Labute approximate surface area is 161 Å². The molecule has 0 bridgehead atoms. The summed E-state index contributed by atoms with van der Waals surface area (Å²) in [4.78, 5) is 19.4. The van der Waals surface area contributed by atoms with Crippen molar-refractivity contribution in [2.45, 2.75) is 32.7 Å². The van der Waals surface area contributed by atoms with Gasteiger partial charge in [0.15, 0.2) is 0 Å². The number of carbonyl (C=O) groups is 1. The van der Waals surface area contributed by atoms with Crippen LogP contribution in [0.3, 0.4) is 0 Å². The highest BCUT2D eigenvalue weighted by atomic mass is 16.5. The number of methoxy groups -OCH3 is 1. The Balaban J connectivity index is 1.82. The Bertz CT molecular complexity index is 750. The molecule has 27 heavy (non-hydrogen) atoms. The molecule has 1 aliphatic rings. The number of likely N-dealkylation sites (tertiary alicyclic amines) is 1. The van der Waals surface area contributed by atoms with E-state index < -0.39 is 5.41 Å². The fraction of sp³-hybridized carbons (Fsp3) is 0.455. The molecule has 2 heterocycles. The molecule has 1 aliphatic heterocycles. The van der Waals surface area contributed by atoms with Crippen molar-refractivity contribution in [2.75, 3.05) is 26.8 Å². The summed E-state index contributed by atoms with van der Waals surface area (Å²) >= 11 is 0. The Morgan fingerprint density at radius 3 is 2.78 bits per heavy atom. The predicted molar refractivity (Wildman–Crippen MR) is 105 cm³/mol. The van der Waals surface area contributed by atoms with Crippen molar-refractivity contribution in [3.63, 3.8) is 0 Å². The molecule has 5 heteroatoms. The molecule has 0 N–H and O–H groups in total. The monoisotopic (exact) mass is 368 g/mol. The van der Waals surface area contributed by atoms with Crippen molar-refractivity contribution in [1.29, 1.82) is 0 Å². The summed E-state index contributed by atoms with van der Waals surface area (Å²) in [5.74, 6) is 0.725. The summed E-state index contributed by atoms with van der Waals surface area (Å²) in [7, 11) is 1.66. The van der Waals surface area contributed by atoms with E-state index in [2.05, 4.69) is 16.0 Å². The number of nitrogens with zero attached hydrogens (tertiary/aromatic N) is 2. The predicted octanol–water partition coefficient (Wildman–Crippen LogP) is 3.48. The molecule has 1 aromatic carbocycles. The van der Waals surface area contributed by atoms with Crippen LogP contribution in [0.5, 0.6) is 5.75 Å². The van der Waals surface area contributed by atoms with Gasteiger partial charge in [0.25, 0.3) is 0 Å². The summed E-state index contributed by atoms with van der Waals surface area (Å²) in [6.45, 7) is 4.78. The molecule has 1 fully saturated rings. The quantitative estimate of drug-likeness (QED) is 0.701. The summed E-state index contributed by atoms with van der Waals surface area (Å²) in [5.41, 5.74) is 1.80. The smallest absolute Gasteiger partial charge is 0.313 e. The highest BCUT2D eigenvalue weighted by Gasteiger charge is 2.43. The second-order valence-corrected chi connectivity index (χ2v) is 7.20. The summed E-state index contributed by atoms with van der Waals surface area (Å²) < 4.78 is 10.9. The topological polar surface area (TPSA) is 51.7 Å². The van der Waals surface area contributed by atoms with E-state index in [1.165, 1.54) is 5.56 Å². The standard InChI is InChI=1S/C22H28N2O3/c1-3-27-21(25)22(15-19-6-4-7-20(14-19)26-2)10-5-13-24(17-22)16-18-8-11-23-12-9-18/h4,6-9,11-12,14H,3,5,10,13,15-17H2,1-2H3/t22-/m1/s1. The van der Waals surface area contributed by atoms with E-state index in [1.54, 1.807) is 7.11 Å². The van der Waals surface area contributed by atoms with Gasteiger partial charge in [0.1, 0.15) is 5.75 Å². The molecule has 1 aromatic heterocycles. The van der Waals surface area contributed by atoms with E-state index in [-0.39, 0.29) is 5.97 Å². The minimum absolute atomic E-state index is 0.0905. The molecule has 5 nitrogen and oxygen atoms in total. The number of carbonyl (C=O) groups excluding carboxylic acids is 1. The maximum absolute atomic E-state index is 13.0. The fourth-order valence-electron chi connectivity index (χ4n) is 3.95. The van der Waals surface area contributed by atoms with Gasteiger partial charge in [0.05, 0.1) is 19.1 Å². The van der Waals surface area contributed by atoms with Crippen molar-refractivity contribution in [3.05, 3.63) is 59.9 Å². The zero-order valence-corrected chi connectivity index (χ0v) is 16.2. The van der Waals surface area contributed by atoms with E-state index in [0.717, 1.165) is 37.2 Å². The summed E-state index contributed by atoms with van der Waals surface area (Å²) in [5, 5.41) is 0. The largest absolute Gasteiger partial charge is 0.497 e. The van der Waals surface area contributed by atoms with Crippen LogP contribution in [0.15, 0.2) is 48.8 Å². The number of esters is 1. The van der Waals surface area contributed by atoms with Crippen molar-refractivity contribution in [1.82, 2.24) is 9.88 Å². The number of ether oxygens (including phenoxy) is 2. The highest BCUT2D eigenvalue weighted by molar-refractivity contribution is 5.78. The Hall–Kier alpha value is -2.40. The average Bonchev–Trinajstić information content (AvgIpc) is 2.69. The molecule has 0 spiro atoms. The van der Waals surface area contributed by atoms with Gasteiger partial charge < -0.3 is 9.47 Å². The van der Waals surface area contributed by atoms with E-state index >= 15 is 0 Å². The lowest BCUT2D eigenvalue weighted by Crippen LogP contribution is -2.49. The van der Waals surface area contributed by atoms with Gasteiger partial charge >= 0.3 is 5.97 Å². The van der Waals surface area contributed by atoms with Crippen molar-refractivity contribution in [3.8, 4) is 5.75 Å². The number of hydrogen-bond donors (Lipinski definition) is 0. The van der Waals surface area contributed by atoms with E-state index in [9.17, 15) is 4.79 Å². The van der Waals surface area contributed by atoms with Gasteiger partial charge in [0, 0.05) is 25.5 Å². The molecule has 1 saturated heterocycles. The lowest BCUT2D eigenvalue weighted by atomic mass is 9.75. The second kappa shape index (κ2) is 9.00. The normalized spacial score (nSPS) is 20.2. The molecule has 2 aromatic rings. The fourth-order valence-corrected chi connectivity index (χ4v) is 3.95. The highest BCUT2D eigenvalue weighted by Crippen LogP contribution is 2.36. The first-order valence-electron chi connectivity index (χ1n) is 9.56. The third-order valence-corrected chi connectivity index (χ3v) is 5.20. The van der Waals surface area contributed by atoms with Crippen LogP contribution in [0.1, 0.15) is 30.9 Å². The van der Waals surface area contributed by atoms with Crippen molar-refractivity contribution < 1.29 is 14.3 Å². The van der Waals surface area contributed by atoms with Gasteiger partial charge in [-0.1, -0.05) is 12.1 Å². The molecule has 0 radical (unpaired) electrons. The van der Waals surface area contributed by atoms with Gasteiger partial charge in [-0.05, 0) is 68.1 Å². The Morgan fingerprint density at radius 1 is 1.22 bits per heavy atom. The first-order chi connectivity index (χ1) is 13.1. The zero-order valence-electron chi connectivity index (χ0n) is 16.2. The molecule has 1 atom stereocenters. The SMILES string of the molecule is CCOC(=O)[C@@]1(Cc2cccc(OC)c2)CCCN(Cc2ccncc2)C1. The summed E-state index contributed by atoms with van der Waals surface area (Å²) in [6.07, 6.45) is 6.11. The zero-order chi connectivity index (χ0) is 19.1. The van der Waals surface area contributed by atoms with Crippen LogP contribution in [-0.2, 0) is 22.5 Å². The lowest BCUT2D eigenvalue weighted by molar-refractivity contribution is -0.159. The number of benzene rings is 1. The molecule has 0 aliphatic carbocycles. The number of piperidine rings is 1. The van der Waals surface area contributed by atoms with Gasteiger partial charge in [-0.25, -0.2) is 0 Å². The molecule has 3 rings (SSSR count). The first-order valence-corrected chi connectivity index (χ1v) is 9.56.